The third kappa shape index (κ3) is 6.22. The summed E-state index contributed by atoms with van der Waals surface area (Å²) in [6, 6.07) is 7.44. The van der Waals surface area contributed by atoms with E-state index < -0.39 is 0 Å². The van der Waals surface area contributed by atoms with Crippen molar-refractivity contribution in [2.24, 2.45) is 0 Å². The van der Waals surface area contributed by atoms with Crippen molar-refractivity contribution in [1.29, 1.82) is 5.26 Å². The zero-order chi connectivity index (χ0) is 12.9. The van der Waals surface area contributed by atoms with E-state index in [1.165, 1.54) is 0 Å². The maximum atomic E-state index is 8.45. The number of nitrogens with one attached hydrogen (secondary N) is 2. The molecule has 0 spiro atoms. The van der Waals surface area contributed by atoms with Crippen LogP contribution in [-0.2, 0) is 0 Å². The Hall–Kier alpha value is -0.800. The van der Waals surface area contributed by atoms with E-state index in [1.54, 1.807) is 6.19 Å². The molecular formula is C12H16N3NaOS. The molecule has 0 aromatic heterocycles. The second kappa shape index (κ2) is 7.59. The standard InChI is InChI=1S/C12H15N3OS.Na.H/c1-12(2,3)16-10-7-5-4-6-9(10)15-11(17)14-8-13;;/h4-7H,1-3H3,(H2,14,15,17);;/q;+1;-1. The maximum absolute atomic E-state index is 8.45. The van der Waals surface area contributed by atoms with Crippen LogP contribution in [0.25, 0.3) is 0 Å². The second-order valence-corrected chi connectivity index (χ2v) is 4.81. The van der Waals surface area contributed by atoms with E-state index in [2.05, 4.69) is 10.6 Å². The van der Waals surface area contributed by atoms with Gasteiger partial charge in [-0.2, -0.15) is 5.26 Å². The number of nitrogens with zero attached hydrogens (tertiary/aromatic N) is 1. The van der Waals surface area contributed by atoms with E-state index in [1.807, 2.05) is 45.0 Å². The fourth-order valence-electron chi connectivity index (χ4n) is 1.19. The van der Waals surface area contributed by atoms with Gasteiger partial charge in [0.1, 0.15) is 11.4 Å². The van der Waals surface area contributed by atoms with Crippen molar-refractivity contribution in [2.45, 2.75) is 26.4 Å². The number of para-hydroxylation sites is 2. The molecule has 6 heteroatoms. The number of thiocarbonyl (C=S) groups is 1. The molecule has 2 N–H and O–H groups in total. The molecule has 0 saturated heterocycles. The van der Waals surface area contributed by atoms with Crippen LogP contribution in [0.3, 0.4) is 0 Å². The zero-order valence-electron chi connectivity index (χ0n) is 12.1. The van der Waals surface area contributed by atoms with Gasteiger partial charge in [0.05, 0.1) is 5.69 Å². The van der Waals surface area contributed by atoms with Crippen LogP contribution < -0.4 is 44.9 Å². The molecule has 0 bridgehead atoms. The molecule has 0 saturated carbocycles. The Morgan fingerprint density at radius 3 is 2.56 bits per heavy atom. The van der Waals surface area contributed by atoms with Crippen molar-refractivity contribution in [3.8, 4) is 11.9 Å². The molecule has 0 aliphatic rings. The van der Waals surface area contributed by atoms with Gasteiger partial charge in [0, 0.05) is 0 Å². The minimum Gasteiger partial charge on any atom is -1.00 e. The van der Waals surface area contributed by atoms with Crippen LogP contribution >= 0.6 is 12.2 Å². The largest absolute Gasteiger partial charge is 1.00 e. The molecule has 18 heavy (non-hydrogen) atoms. The van der Waals surface area contributed by atoms with Gasteiger partial charge in [-0.05, 0) is 45.1 Å². The van der Waals surface area contributed by atoms with Crippen LogP contribution in [0.5, 0.6) is 5.75 Å². The number of benzene rings is 1. The summed E-state index contributed by atoms with van der Waals surface area (Å²) in [5, 5.41) is 14.0. The first kappa shape index (κ1) is 17.2. The first-order valence-corrected chi connectivity index (χ1v) is 5.57. The topological polar surface area (TPSA) is 57.1 Å². The second-order valence-electron chi connectivity index (χ2n) is 4.40. The number of nitriles is 1. The molecular weight excluding hydrogens is 257 g/mol. The summed E-state index contributed by atoms with van der Waals surface area (Å²) < 4.78 is 5.78. The van der Waals surface area contributed by atoms with E-state index >= 15 is 0 Å². The molecule has 92 valence electrons. The summed E-state index contributed by atoms with van der Waals surface area (Å²) in [5.74, 6) is 0.696. The Morgan fingerprint density at radius 2 is 2.00 bits per heavy atom. The van der Waals surface area contributed by atoms with Crippen molar-refractivity contribution in [1.82, 2.24) is 5.32 Å². The Morgan fingerprint density at radius 1 is 1.39 bits per heavy atom. The van der Waals surface area contributed by atoms with Crippen LogP contribution in [0.4, 0.5) is 5.69 Å². The Bertz CT molecular complexity index is 457. The third-order valence-electron chi connectivity index (χ3n) is 1.72. The van der Waals surface area contributed by atoms with E-state index in [4.69, 9.17) is 22.2 Å². The molecule has 1 aromatic carbocycles. The molecule has 4 nitrogen and oxygen atoms in total. The van der Waals surface area contributed by atoms with Gasteiger partial charge < -0.3 is 11.5 Å². The minimum atomic E-state index is -0.290. The Kier molecular flexibility index (Phi) is 7.26. The zero-order valence-corrected chi connectivity index (χ0v) is 13.9. The predicted molar refractivity (Wildman–Crippen MR) is 72.9 cm³/mol. The van der Waals surface area contributed by atoms with Crippen LogP contribution in [0.15, 0.2) is 24.3 Å². The first-order chi connectivity index (χ1) is 7.92. The average molecular weight is 273 g/mol. The van der Waals surface area contributed by atoms with Gasteiger partial charge in [0.25, 0.3) is 0 Å². The van der Waals surface area contributed by atoms with Crippen molar-refractivity contribution in [3.63, 3.8) is 0 Å². The van der Waals surface area contributed by atoms with Gasteiger partial charge in [0.2, 0.25) is 0 Å². The van der Waals surface area contributed by atoms with E-state index in [9.17, 15) is 0 Å². The number of hydrogen-bond donors (Lipinski definition) is 2. The van der Waals surface area contributed by atoms with E-state index in [0.29, 0.717) is 5.75 Å². The van der Waals surface area contributed by atoms with Crippen molar-refractivity contribution in [2.75, 3.05) is 5.32 Å². The van der Waals surface area contributed by atoms with Gasteiger partial charge in [-0.15, -0.1) is 0 Å². The van der Waals surface area contributed by atoms with Crippen molar-refractivity contribution < 1.29 is 35.7 Å². The number of rotatable bonds is 2. The molecule has 0 aliphatic heterocycles. The van der Waals surface area contributed by atoms with Crippen molar-refractivity contribution >= 4 is 23.0 Å². The summed E-state index contributed by atoms with van der Waals surface area (Å²) in [5.41, 5.74) is 0.442. The summed E-state index contributed by atoms with van der Waals surface area (Å²) in [6.45, 7) is 5.90. The molecule has 0 radical (unpaired) electrons. The molecule has 0 fully saturated rings. The van der Waals surface area contributed by atoms with Gasteiger partial charge in [0.15, 0.2) is 11.3 Å². The van der Waals surface area contributed by atoms with Crippen LogP contribution in [-0.4, -0.2) is 10.7 Å². The van der Waals surface area contributed by atoms with Gasteiger partial charge in [-0.25, -0.2) is 0 Å². The smallest absolute Gasteiger partial charge is 1.00 e. The Balaban J connectivity index is 0. The third-order valence-corrected chi connectivity index (χ3v) is 1.92. The van der Waals surface area contributed by atoms with E-state index in [0.717, 1.165) is 5.69 Å². The fraction of sp³-hybridized carbons (Fsp3) is 0.333. The molecule has 1 rings (SSSR count). The fourth-order valence-corrected chi connectivity index (χ4v) is 1.35. The summed E-state index contributed by atoms with van der Waals surface area (Å²) in [6.07, 6.45) is 1.76. The van der Waals surface area contributed by atoms with Crippen LogP contribution in [0.1, 0.15) is 22.2 Å². The molecule has 0 amide bonds. The quantitative estimate of drug-likeness (QED) is 0.337. The van der Waals surface area contributed by atoms with Gasteiger partial charge in [-0.3, -0.25) is 5.32 Å². The SMILES string of the molecule is CC(C)(C)Oc1ccccc1NC(=S)NC#N.[H-].[Na+]. The molecule has 0 heterocycles. The molecule has 0 atom stereocenters. The summed E-state index contributed by atoms with van der Waals surface area (Å²) in [7, 11) is 0. The van der Waals surface area contributed by atoms with Gasteiger partial charge >= 0.3 is 29.6 Å². The minimum absolute atomic E-state index is 0. The van der Waals surface area contributed by atoms with E-state index in [-0.39, 0.29) is 41.7 Å². The van der Waals surface area contributed by atoms with Crippen LogP contribution in [0.2, 0.25) is 0 Å². The average Bonchev–Trinajstić information content (AvgIpc) is 2.19. The van der Waals surface area contributed by atoms with Crippen molar-refractivity contribution in [3.05, 3.63) is 24.3 Å². The summed E-state index contributed by atoms with van der Waals surface area (Å²) in [4.78, 5) is 0. The monoisotopic (exact) mass is 273 g/mol. The number of anilines is 1. The maximum Gasteiger partial charge on any atom is 1.00 e. The summed E-state index contributed by atoms with van der Waals surface area (Å²) >= 11 is 4.94. The molecule has 1 aromatic rings. The normalized spacial score (nSPS) is 9.67. The Labute approximate surface area is 136 Å². The number of hydrogen-bond acceptors (Lipinski definition) is 3. The predicted octanol–water partition coefficient (Wildman–Crippen LogP) is -0.252. The molecule has 0 aliphatic carbocycles. The van der Waals surface area contributed by atoms with Gasteiger partial charge in [-0.1, -0.05) is 12.1 Å². The first-order valence-electron chi connectivity index (χ1n) is 5.16. The number of ether oxygens (including phenoxy) is 1. The van der Waals surface area contributed by atoms with Crippen LogP contribution in [0, 0.1) is 11.5 Å². The molecule has 0 unspecified atom stereocenters.